The molecule has 0 N–H and O–H groups in total. The monoisotopic (exact) mass is 242 g/mol. The third-order valence-electron chi connectivity index (χ3n) is 2.57. The molecule has 1 aromatic heterocycles. The van der Waals surface area contributed by atoms with Crippen LogP contribution in [0.15, 0.2) is 18.5 Å². The molecule has 0 bridgehead atoms. The van der Waals surface area contributed by atoms with Crippen LogP contribution in [-0.2, 0) is 5.88 Å². The number of ether oxygens (including phenoxy) is 1. The van der Waals surface area contributed by atoms with Gasteiger partial charge in [0.05, 0.1) is 12.1 Å². The Kier molecular flexibility index (Phi) is 6.19. The normalized spacial score (nSPS) is 10.8. The first-order valence-electron chi connectivity index (χ1n) is 5.65. The minimum Gasteiger partial charge on any atom is -0.490 e. The van der Waals surface area contributed by atoms with Gasteiger partial charge in [-0.25, -0.2) is 0 Å². The first-order valence-corrected chi connectivity index (χ1v) is 6.19. The van der Waals surface area contributed by atoms with Crippen molar-refractivity contribution in [3.8, 4) is 5.75 Å². The minimum atomic E-state index is 0.461. The third kappa shape index (κ3) is 3.99. The Morgan fingerprint density at radius 3 is 2.75 bits per heavy atom. The molecule has 0 saturated carbocycles. The van der Waals surface area contributed by atoms with Crippen LogP contribution in [0.1, 0.15) is 19.4 Å². The second kappa shape index (κ2) is 7.47. The Balaban J connectivity index is 2.42. The van der Waals surface area contributed by atoms with Gasteiger partial charge < -0.3 is 9.64 Å². The van der Waals surface area contributed by atoms with Crippen molar-refractivity contribution in [3.05, 3.63) is 24.0 Å². The molecule has 0 fully saturated rings. The highest BCUT2D eigenvalue weighted by atomic mass is 35.5. The van der Waals surface area contributed by atoms with E-state index in [-0.39, 0.29) is 0 Å². The first kappa shape index (κ1) is 13.3. The topological polar surface area (TPSA) is 25.4 Å². The Hall–Kier alpha value is -0.800. The van der Waals surface area contributed by atoms with Gasteiger partial charge >= 0.3 is 0 Å². The molecular weight excluding hydrogens is 224 g/mol. The second-order valence-corrected chi connectivity index (χ2v) is 3.76. The SMILES string of the molecule is CCN(CC)CCOc1cnccc1CCl. The van der Waals surface area contributed by atoms with Gasteiger partial charge in [-0.2, -0.15) is 0 Å². The lowest BCUT2D eigenvalue weighted by Gasteiger charge is -2.18. The average molecular weight is 243 g/mol. The standard InChI is InChI=1S/C12H19ClN2O/c1-3-15(4-2)7-8-16-12-10-14-6-5-11(12)9-13/h5-6,10H,3-4,7-9H2,1-2H3. The summed E-state index contributed by atoms with van der Waals surface area (Å²) in [5, 5.41) is 0. The van der Waals surface area contributed by atoms with E-state index >= 15 is 0 Å². The van der Waals surface area contributed by atoms with Crippen LogP contribution in [0.2, 0.25) is 0 Å². The summed E-state index contributed by atoms with van der Waals surface area (Å²) < 4.78 is 5.67. The van der Waals surface area contributed by atoms with Crippen LogP contribution in [-0.4, -0.2) is 36.1 Å². The van der Waals surface area contributed by atoms with E-state index in [1.807, 2.05) is 6.07 Å². The Labute approximate surface area is 102 Å². The maximum absolute atomic E-state index is 5.81. The van der Waals surface area contributed by atoms with E-state index in [1.165, 1.54) is 0 Å². The molecule has 0 aliphatic carbocycles. The predicted molar refractivity (Wildman–Crippen MR) is 67.1 cm³/mol. The van der Waals surface area contributed by atoms with Gasteiger partial charge in [-0.15, -0.1) is 11.6 Å². The quantitative estimate of drug-likeness (QED) is 0.687. The van der Waals surface area contributed by atoms with Crippen molar-refractivity contribution in [2.75, 3.05) is 26.2 Å². The van der Waals surface area contributed by atoms with Crippen LogP contribution in [0.25, 0.3) is 0 Å². The number of hydrogen-bond donors (Lipinski definition) is 0. The Morgan fingerprint density at radius 2 is 2.12 bits per heavy atom. The maximum Gasteiger partial charge on any atom is 0.142 e. The van der Waals surface area contributed by atoms with Crippen LogP contribution in [0.4, 0.5) is 0 Å². The second-order valence-electron chi connectivity index (χ2n) is 3.49. The molecule has 90 valence electrons. The molecule has 0 radical (unpaired) electrons. The molecule has 4 heteroatoms. The lowest BCUT2D eigenvalue weighted by atomic mass is 10.3. The van der Waals surface area contributed by atoms with Crippen molar-refractivity contribution >= 4 is 11.6 Å². The van der Waals surface area contributed by atoms with Crippen LogP contribution >= 0.6 is 11.6 Å². The van der Waals surface area contributed by atoms with E-state index in [0.717, 1.165) is 30.9 Å². The molecule has 0 amide bonds. The van der Waals surface area contributed by atoms with Crippen molar-refractivity contribution in [1.82, 2.24) is 9.88 Å². The fourth-order valence-corrected chi connectivity index (χ4v) is 1.69. The summed E-state index contributed by atoms with van der Waals surface area (Å²) in [5.74, 6) is 1.26. The zero-order valence-corrected chi connectivity index (χ0v) is 10.7. The van der Waals surface area contributed by atoms with E-state index in [2.05, 4.69) is 23.7 Å². The summed E-state index contributed by atoms with van der Waals surface area (Å²) in [7, 11) is 0. The van der Waals surface area contributed by atoms with Crippen molar-refractivity contribution in [2.24, 2.45) is 0 Å². The van der Waals surface area contributed by atoms with E-state index in [4.69, 9.17) is 16.3 Å². The molecule has 1 rings (SSSR count). The van der Waals surface area contributed by atoms with Crippen molar-refractivity contribution in [2.45, 2.75) is 19.7 Å². The lowest BCUT2D eigenvalue weighted by molar-refractivity contribution is 0.221. The number of rotatable bonds is 7. The number of halogens is 1. The number of hydrogen-bond acceptors (Lipinski definition) is 3. The highest BCUT2D eigenvalue weighted by Crippen LogP contribution is 2.18. The zero-order valence-electron chi connectivity index (χ0n) is 9.95. The summed E-state index contributed by atoms with van der Waals surface area (Å²) in [4.78, 5) is 6.35. The lowest BCUT2D eigenvalue weighted by Crippen LogP contribution is -2.28. The Morgan fingerprint density at radius 1 is 1.38 bits per heavy atom. The van der Waals surface area contributed by atoms with Crippen LogP contribution in [0, 0.1) is 0 Å². The molecule has 0 saturated heterocycles. The number of aromatic nitrogens is 1. The number of nitrogens with zero attached hydrogens (tertiary/aromatic N) is 2. The van der Waals surface area contributed by atoms with Crippen LogP contribution < -0.4 is 4.74 Å². The van der Waals surface area contributed by atoms with Crippen LogP contribution in [0.5, 0.6) is 5.75 Å². The molecule has 16 heavy (non-hydrogen) atoms. The molecule has 3 nitrogen and oxygen atoms in total. The van der Waals surface area contributed by atoms with E-state index < -0.39 is 0 Å². The summed E-state index contributed by atoms with van der Waals surface area (Å²) in [6.45, 7) is 8.01. The largest absolute Gasteiger partial charge is 0.490 e. The Bertz CT molecular complexity index is 303. The van der Waals surface area contributed by atoms with Gasteiger partial charge in [0.15, 0.2) is 0 Å². The smallest absolute Gasteiger partial charge is 0.142 e. The van der Waals surface area contributed by atoms with Crippen molar-refractivity contribution in [1.29, 1.82) is 0 Å². The molecule has 0 aromatic carbocycles. The maximum atomic E-state index is 5.81. The van der Waals surface area contributed by atoms with Gasteiger partial charge in [0.25, 0.3) is 0 Å². The van der Waals surface area contributed by atoms with Gasteiger partial charge in [-0.3, -0.25) is 4.98 Å². The van der Waals surface area contributed by atoms with E-state index in [0.29, 0.717) is 12.5 Å². The fraction of sp³-hybridized carbons (Fsp3) is 0.583. The van der Waals surface area contributed by atoms with Gasteiger partial charge in [0, 0.05) is 18.3 Å². The van der Waals surface area contributed by atoms with Crippen molar-refractivity contribution in [3.63, 3.8) is 0 Å². The van der Waals surface area contributed by atoms with Crippen molar-refractivity contribution < 1.29 is 4.74 Å². The average Bonchev–Trinajstić information content (AvgIpc) is 2.35. The minimum absolute atomic E-state index is 0.461. The molecule has 0 aliphatic rings. The fourth-order valence-electron chi connectivity index (χ4n) is 1.47. The molecule has 1 aromatic rings. The first-order chi connectivity index (χ1) is 7.81. The third-order valence-corrected chi connectivity index (χ3v) is 2.86. The zero-order chi connectivity index (χ0) is 11.8. The van der Waals surface area contributed by atoms with Crippen LogP contribution in [0.3, 0.4) is 0 Å². The summed E-state index contributed by atoms with van der Waals surface area (Å²) >= 11 is 5.81. The molecule has 0 spiro atoms. The number of alkyl halides is 1. The highest BCUT2D eigenvalue weighted by molar-refractivity contribution is 6.17. The summed E-state index contributed by atoms with van der Waals surface area (Å²) in [6, 6.07) is 1.89. The number of pyridine rings is 1. The van der Waals surface area contributed by atoms with E-state index in [9.17, 15) is 0 Å². The summed E-state index contributed by atoms with van der Waals surface area (Å²) in [6.07, 6.45) is 3.45. The van der Waals surface area contributed by atoms with Gasteiger partial charge in [-0.05, 0) is 19.2 Å². The molecular formula is C12H19ClN2O. The number of likely N-dealkylation sites (N-methyl/N-ethyl adjacent to an activating group) is 1. The predicted octanol–water partition coefficient (Wildman–Crippen LogP) is 2.54. The molecule has 0 atom stereocenters. The molecule has 0 unspecified atom stereocenters. The van der Waals surface area contributed by atoms with Gasteiger partial charge in [-0.1, -0.05) is 13.8 Å². The highest BCUT2D eigenvalue weighted by Gasteiger charge is 2.03. The van der Waals surface area contributed by atoms with Gasteiger partial charge in [0.2, 0.25) is 0 Å². The van der Waals surface area contributed by atoms with Gasteiger partial charge in [0.1, 0.15) is 12.4 Å². The molecule has 1 heterocycles. The van der Waals surface area contributed by atoms with E-state index in [1.54, 1.807) is 12.4 Å². The summed E-state index contributed by atoms with van der Waals surface area (Å²) in [5.41, 5.74) is 0.996. The molecule has 0 aliphatic heterocycles.